The van der Waals surface area contributed by atoms with E-state index in [9.17, 15) is 4.79 Å². The van der Waals surface area contributed by atoms with Crippen molar-refractivity contribution in [2.45, 2.75) is 27.3 Å². The van der Waals surface area contributed by atoms with Crippen molar-refractivity contribution in [2.24, 2.45) is 13.0 Å². The van der Waals surface area contributed by atoms with Crippen molar-refractivity contribution in [2.75, 3.05) is 13.1 Å². The number of carbonyl (C=O) groups excluding carboxylic acids is 1. The van der Waals surface area contributed by atoms with Crippen LogP contribution in [0.15, 0.2) is 0 Å². The van der Waals surface area contributed by atoms with Crippen molar-refractivity contribution in [1.82, 2.24) is 20.4 Å². The fourth-order valence-corrected chi connectivity index (χ4v) is 1.77. The molecule has 1 aromatic heterocycles. The summed E-state index contributed by atoms with van der Waals surface area (Å²) in [5.41, 5.74) is 1.70. The fraction of sp³-hybridized carbons (Fsp3) is 0.667. The smallest absolute Gasteiger partial charge is 0.233 e. The van der Waals surface area contributed by atoms with Gasteiger partial charge in [0.1, 0.15) is 0 Å². The zero-order valence-electron chi connectivity index (χ0n) is 11.4. The van der Waals surface area contributed by atoms with Gasteiger partial charge in [-0.2, -0.15) is 5.10 Å². The summed E-state index contributed by atoms with van der Waals surface area (Å²) in [5, 5.41) is 10.8. The molecule has 1 rings (SSSR count). The minimum Gasteiger partial charge on any atom is -0.355 e. The predicted molar refractivity (Wildman–Crippen MR) is 72.5 cm³/mol. The Morgan fingerprint density at radius 3 is 2.67 bits per heavy atom. The van der Waals surface area contributed by atoms with Crippen molar-refractivity contribution >= 4 is 17.5 Å². The van der Waals surface area contributed by atoms with Crippen LogP contribution in [0, 0.1) is 12.8 Å². The monoisotopic (exact) mass is 272 g/mol. The van der Waals surface area contributed by atoms with E-state index in [0.29, 0.717) is 24.0 Å². The van der Waals surface area contributed by atoms with Gasteiger partial charge < -0.3 is 10.6 Å². The number of hydrogen-bond acceptors (Lipinski definition) is 3. The molecule has 0 saturated carbocycles. The van der Waals surface area contributed by atoms with E-state index in [-0.39, 0.29) is 12.5 Å². The van der Waals surface area contributed by atoms with E-state index >= 15 is 0 Å². The van der Waals surface area contributed by atoms with Crippen LogP contribution in [0.3, 0.4) is 0 Å². The third kappa shape index (κ3) is 4.31. The van der Waals surface area contributed by atoms with E-state index in [1.165, 1.54) is 0 Å². The predicted octanol–water partition coefficient (Wildman–Crippen LogP) is 1.24. The second-order valence-corrected chi connectivity index (χ2v) is 5.15. The number of nitrogens with zero attached hydrogens (tertiary/aromatic N) is 2. The summed E-state index contributed by atoms with van der Waals surface area (Å²) in [6, 6.07) is 0. The maximum absolute atomic E-state index is 11.5. The molecule has 0 aliphatic heterocycles. The number of carbonyl (C=O) groups is 1. The molecule has 6 heteroatoms. The Morgan fingerprint density at radius 1 is 1.50 bits per heavy atom. The molecule has 5 nitrogen and oxygen atoms in total. The van der Waals surface area contributed by atoms with Gasteiger partial charge >= 0.3 is 0 Å². The minimum atomic E-state index is -0.00119. The molecular weight excluding hydrogens is 252 g/mol. The summed E-state index contributed by atoms with van der Waals surface area (Å²) in [6.07, 6.45) is 0. The number of nitrogens with one attached hydrogen (secondary N) is 2. The minimum absolute atomic E-state index is 0.00119. The largest absolute Gasteiger partial charge is 0.355 e. The highest BCUT2D eigenvalue weighted by molar-refractivity contribution is 6.31. The fourth-order valence-electron chi connectivity index (χ4n) is 1.55. The second kappa shape index (κ2) is 6.75. The first kappa shape index (κ1) is 15.0. The average Bonchev–Trinajstić information content (AvgIpc) is 2.53. The molecule has 0 saturated heterocycles. The van der Waals surface area contributed by atoms with E-state index in [4.69, 9.17) is 11.6 Å². The first-order chi connectivity index (χ1) is 8.41. The average molecular weight is 273 g/mol. The second-order valence-electron chi connectivity index (χ2n) is 4.77. The first-order valence-corrected chi connectivity index (χ1v) is 6.45. The van der Waals surface area contributed by atoms with Crippen molar-refractivity contribution in [3.8, 4) is 0 Å². The molecule has 0 atom stereocenters. The number of hydrogen-bond donors (Lipinski definition) is 2. The highest BCUT2D eigenvalue weighted by Gasteiger charge is 2.10. The third-order valence-corrected chi connectivity index (χ3v) is 3.04. The third-order valence-electron chi connectivity index (χ3n) is 2.55. The van der Waals surface area contributed by atoms with Gasteiger partial charge in [-0.1, -0.05) is 25.4 Å². The van der Waals surface area contributed by atoms with Crippen molar-refractivity contribution in [3.63, 3.8) is 0 Å². The van der Waals surface area contributed by atoms with Crippen LogP contribution in [0.4, 0.5) is 0 Å². The molecule has 102 valence electrons. The van der Waals surface area contributed by atoms with Crippen LogP contribution in [-0.2, 0) is 18.4 Å². The van der Waals surface area contributed by atoms with E-state index in [1.54, 1.807) is 4.68 Å². The van der Waals surface area contributed by atoms with Gasteiger partial charge in [0.25, 0.3) is 0 Å². The molecule has 0 aliphatic carbocycles. The normalized spacial score (nSPS) is 11.0. The summed E-state index contributed by atoms with van der Waals surface area (Å²) >= 11 is 6.11. The molecule has 18 heavy (non-hydrogen) atoms. The summed E-state index contributed by atoms with van der Waals surface area (Å²) in [4.78, 5) is 11.5. The lowest BCUT2D eigenvalue weighted by molar-refractivity contribution is -0.120. The quantitative estimate of drug-likeness (QED) is 0.819. The van der Waals surface area contributed by atoms with E-state index in [0.717, 1.165) is 11.4 Å². The molecule has 0 spiro atoms. The Labute approximate surface area is 113 Å². The Hall–Kier alpha value is -1.07. The lowest BCUT2D eigenvalue weighted by Crippen LogP contribution is -2.35. The zero-order valence-corrected chi connectivity index (χ0v) is 12.1. The number of halogens is 1. The Bertz CT molecular complexity index is 414. The maximum atomic E-state index is 11.5. The lowest BCUT2D eigenvalue weighted by Gasteiger charge is -2.09. The molecule has 0 fully saturated rings. The van der Waals surface area contributed by atoms with Gasteiger partial charge in [-0.3, -0.25) is 9.48 Å². The molecule has 0 aromatic carbocycles. The van der Waals surface area contributed by atoms with Crippen molar-refractivity contribution < 1.29 is 4.79 Å². The van der Waals surface area contributed by atoms with Gasteiger partial charge in [-0.15, -0.1) is 0 Å². The molecular formula is C12H21ClN4O. The van der Waals surface area contributed by atoms with Gasteiger partial charge in [0.15, 0.2) is 0 Å². The highest BCUT2D eigenvalue weighted by Crippen LogP contribution is 2.18. The van der Waals surface area contributed by atoms with E-state index in [1.807, 2.05) is 14.0 Å². The van der Waals surface area contributed by atoms with Crippen LogP contribution in [0.25, 0.3) is 0 Å². The van der Waals surface area contributed by atoms with E-state index in [2.05, 4.69) is 29.6 Å². The van der Waals surface area contributed by atoms with Gasteiger partial charge in [-0.25, -0.2) is 0 Å². The molecule has 1 amide bonds. The molecule has 0 radical (unpaired) electrons. The van der Waals surface area contributed by atoms with Gasteiger partial charge in [0, 0.05) is 20.1 Å². The van der Waals surface area contributed by atoms with Gasteiger partial charge in [-0.05, 0) is 12.8 Å². The Kier molecular flexibility index (Phi) is 5.62. The Balaban J connectivity index is 2.35. The molecule has 1 heterocycles. The van der Waals surface area contributed by atoms with Crippen LogP contribution in [0.1, 0.15) is 25.2 Å². The van der Waals surface area contributed by atoms with Crippen LogP contribution in [0.5, 0.6) is 0 Å². The number of amides is 1. The van der Waals surface area contributed by atoms with Gasteiger partial charge in [0.2, 0.25) is 5.91 Å². The van der Waals surface area contributed by atoms with Gasteiger partial charge in [0.05, 0.1) is 23.0 Å². The molecule has 1 aromatic rings. The first-order valence-electron chi connectivity index (χ1n) is 6.07. The standard InChI is InChI=1S/C12H21ClN4O/c1-8(2)5-15-11(18)7-14-6-10-12(13)9(3)16-17(10)4/h8,14H,5-7H2,1-4H3,(H,15,18). The van der Waals surface area contributed by atoms with Crippen LogP contribution >= 0.6 is 11.6 Å². The summed E-state index contributed by atoms with van der Waals surface area (Å²) in [5.74, 6) is 0.460. The number of aryl methyl sites for hydroxylation is 2. The summed E-state index contributed by atoms with van der Waals surface area (Å²) in [7, 11) is 1.84. The maximum Gasteiger partial charge on any atom is 0.233 e. The van der Waals surface area contributed by atoms with Crippen LogP contribution in [-0.4, -0.2) is 28.8 Å². The summed E-state index contributed by atoms with van der Waals surface area (Å²) < 4.78 is 1.73. The Morgan fingerprint density at radius 2 is 2.17 bits per heavy atom. The highest BCUT2D eigenvalue weighted by atomic mass is 35.5. The van der Waals surface area contributed by atoms with E-state index < -0.39 is 0 Å². The van der Waals surface area contributed by atoms with Crippen molar-refractivity contribution in [3.05, 3.63) is 16.4 Å². The molecule has 2 N–H and O–H groups in total. The molecule has 0 aliphatic rings. The molecule has 0 bridgehead atoms. The topological polar surface area (TPSA) is 59.0 Å². The van der Waals surface area contributed by atoms with Crippen molar-refractivity contribution in [1.29, 1.82) is 0 Å². The summed E-state index contributed by atoms with van der Waals surface area (Å²) in [6.45, 7) is 7.50. The van der Waals surface area contributed by atoms with Crippen LogP contribution < -0.4 is 10.6 Å². The number of rotatable bonds is 6. The number of aromatic nitrogens is 2. The lowest BCUT2D eigenvalue weighted by atomic mass is 10.2. The SMILES string of the molecule is Cc1nn(C)c(CNCC(=O)NCC(C)C)c1Cl. The zero-order chi connectivity index (χ0) is 13.7. The molecule has 0 unspecified atom stereocenters. The van der Waals surface area contributed by atoms with Crippen LogP contribution in [0.2, 0.25) is 5.02 Å².